The van der Waals surface area contributed by atoms with Crippen molar-refractivity contribution in [1.82, 2.24) is 10.0 Å². The van der Waals surface area contributed by atoms with Gasteiger partial charge in [-0.05, 0) is 6.92 Å². The Morgan fingerprint density at radius 1 is 1.50 bits per heavy atom. The molecule has 7 heteroatoms. The van der Waals surface area contributed by atoms with Crippen LogP contribution in [0.25, 0.3) is 0 Å². The molecule has 1 amide bonds. The Labute approximate surface area is 90.1 Å². The van der Waals surface area contributed by atoms with E-state index in [-0.39, 0.29) is 18.2 Å². The van der Waals surface area contributed by atoms with Crippen LogP contribution >= 0.6 is 12.6 Å². The van der Waals surface area contributed by atoms with Crippen molar-refractivity contribution >= 4 is 28.6 Å². The number of nitrogens with one attached hydrogen (secondary N) is 2. The van der Waals surface area contributed by atoms with Gasteiger partial charge in [0.2, 0.25) is 15.9 Å². The Morgan fingerprint density at radius 2 is 2.07 bits per heavy atom. The lowest BCUT2D eigenvalue weighted by atomic mass is 10.4. The maximum absolute atomic E-state index is 11.1. The van der Waals surface area contributed by atoms with E-state index in [1.807, 2.05) is 0 Å². The molecule has 0 heterocycles. The summed E-state index contributed by atoms with van der Waals surface area (Å²) >= 11 is 3.90. The minimum absolute atomic E-state index is 0.104. The van der Waals surface area contributed by atoms with E-state index in [4.69, 9.17) is 0 Å². The van der Waals surface area contributed by atoms with Crippen molar-refractivity contribution in [2.75, 3.05) is 18.8 Å². The van der Waals surface area contributed by atoms with Crippen LogP contribution in [0, 0.1) is 0 Å². The van der Waals surface area contributed by atoms with Crippen LogP contribution in [-0.2, 0) is 14.8 Å². The van der Waals surface area contributed by atoms with Crippen molar-refractivity contribution < 1.29 is 13.2 Å². The van der Waals surface area contributed by atoms with Crippen molar-refractivity contribution in [2.45, 2.75) is 19.1 Å². The number of hydrogen-bond donors (Lipinski definition) is 3. The first kappa shape index (κ1) is 13.7. The second kappa shape index (κ2) is 6.26. The van der Waals surface area contributed by atoms with E-state index in [1.54, 1.807) is 13.8 Å². The lowest BCUT2D eigenvalue weighted by Gasteiger charge is -2.07. The first-order valence-electron chi connectivity index (χ1n) is 4.32. The molecule has 0 aromatic carbocycles. The molecule has 0 spiro atoms. The average Bonchev–Trinajstić information content (AvgIpc) is 2.03. The maximum atomic E-state index is 11.1. The lowest BCUT2D eigenvalue weighted by molar-refractivity contribution is -0.120. The van der Waals surface area contributed by atoms with Crippen molar-refractivity contribution in [1.29, 1.82) is 0 Å². The van der Waals surface area contributed by atoms with Gasteiger partial charge in [0.15, 0.2) is 0 Å². The van der Waals surface area contributed by atoms with Crippen LogP contribution in [0.4, 0.5) is 0 Å². The fourth-order valence-electron chi connectivity index (χ4n) is 0.748. The topological polar surface area (TPSA) is 75.3 Å². The van der Waals surface area contributed by atoms with Crippen LogP contribution in [-0.4, -0.2) is 38.4 Å². The Hall–Kier alpha value is -0.270. The van der Waals surface area contributed by atoms with Crippen LogP contribution in [0.1, 0.15) is 13.8 Å². The number of hydrogen-bond acceptors (Lipinski definition) is 4. The van der Waals surface area contributed by atoms with Gasteiger partial charge in [0.1, 0.15) is 0 Å². The zero-order valence-electron chi connectivity index (χ0n) is 8.28. The molecule has 0 aromatic heterocycles. The molecule has 0 saturated carbocycles. The Balaban J connectivity index is 3.80. The molecular weight excluding hydrogens is 224 g/mol. The van der Waals surface area contributed by atoms with Gasteiger partial charge in [0.25, 0.3) is 0 Å². The molecule has 1 unspecified atom stereocenters. The predicted octanol–water partition coefficient (Wildman–Crippen LogP) is -0.640. The Morgan fingerprint density at radius 3 is 2.50 bits per heavy atom. The molecule has 0 fully saturated rings. The quantitative estimate of drug-likeness (QED) is 0.541. The summed E-state index contributed by atoms with van der Waals surface area (Å²) in [4.78, 5) is 11.0. The number of carbonyl (C=O) groups excluding carboxylic acids is 1. The largest absolute Gasteiger partial charge is 0.354 e. The Bertz CT molecular complexity index is 275. The predicted molar refractivity (Wildman–Crippen MR) is 58.9 cm³/mol. The molecule has 5 nitrogen and oxygen atoms in total. The number of carbonyl (C=O) groups is 1. The fourth-order valence-corrected chi connectivity index (χ4v) is 1.79. The van der Waals surface area contributed by atoms with E-state index in [0.29, 0.717) is 6.54 Å². The van der Waals surface area contributed by atoms with Crippen LogP contribution in [0.5, 0.6) is 0 Å². The fraction of sp³-hybridized carbons (Fsp3) is 0.857. The van der Waals surface area contributed by atoms with Gasteiger partial charge in [-0.25, -0.2) is 13.1 Å². The molecule has 14 heavy (non-hydrogen) atoms. The molecule has 2 N–H and O–H groups in total. The molecule has 0 aromatic rings. The second-order valence-electron chi connectivity index (χ2n) is 2.78. The van der Waals surface area contributed by atoms with E-state index < -0.39 is 15.3 Å². The third kappa shape index (κ3) is 6.22. The van der Waals surface area contributed by atoms with Crippen molar-refractivity contribution in [2.24, 2.45) is 0 Å². The van der Waals surface area contributed by atoms with Gasteiger partial charge in [-0.15, -0.1) is 0 Å². The monoisotopic (exact) mass is 240 g/mol. The summed E-state index contributed by atoms with van der Waals surface area (Å²) in [5, 5.41) is 2.04. The molecule has 0 radical (unpaired) electrons. The number of thiol groups is 1. The van der Waals surface area contributed by atoms with Crippen molar-refractivity contribution in [3.63, 3.8) is 0 Å². The average molecular weight is 240 g/mol. The maximum Gasteiger partial charge on any atom is 0.232 e. The molecule has 0 saturated heterocycles. The van der Waals surface area contributed by atoms with Crippen LogP contribution in [0.15, 0.2) is 0 Å². The molecule has 0 bridgehead atoms. The van der Waals surface area contributed by atoms with E-state index in [2.05, 4.69) is 22.7 Å². The minimum atomic E-state index is -3.24. The SMILES string of the molecule is CCNS(=O)(=O)CCNC(=O)C(C)S. The van der Waals surface area contributed by atoms with Gasteiger partial charge < -0.3 is 5.32 Å². The molecule has 0 aliphatic heterocycles. The zero-order chi connectivity index (χ0) is 11.2. The molecule has 0 aliphatic carbocycles. The Kier molecular flexibility index (Phi) is 6.14. The van der Waals surface area contributed by atoms with Gasteiger partial charge in [-0.1, -0.05) is 6.92 Å². The minimum Gasteiger partial charge on any atom is -0.354 e. The summed E-state index contributed by atoms with van der Waals surface area (Å²) in [5.41, 5.74) is 0. The zero-order valence-corrected chi connectivity index (χ0v) is 9.99. The first-order chi connectivity index (χ1) is 6.39. The van der Waals surface area contributed by atoms with Crippen LogP contribution < -0.4 is 10.0 Å². The lowest BCUT2D eigenvalue weighted by Crippen LogP contribution is -2.36. The van der Waals surface area contributed by atoms with Gasteiger partial charge in [-0.3, -0.25) is 4.79 Å². The standard InChI is InChI=1S/C7H16N2O3S2/c1-3-9-14(11,12)5-4-8-7(10)6(2)13/h6,9,13H,3-5H2,1-2H3,(H,8,10). The smallest absolute Gasteiger partial charge is 0.232 e. The highest BCUT2D eigenvalue weighted by molar-refractivity contribution is 7.89. The van der Waals surface area contributed by atoms with Gasteiger partial charge in [-0.2, -0.15) is 12.6 Å². The van der Waals surface area contributed by atoms with E-state index in [9.17, 15) is 13.2 Å². The van der Waals surface area contributed by atoms with Crippen LogP contribution in [0.3, 0.4) is 0 Å². The van der Waals surface area contributed by atoms with Gasteiger partial charge in [0, 0.05) is 13.1 Å². The summed E-state index contributed by atoms with van der Waals surface area (Å²) in [5.74, 6) is -0.368. The number of sulfonamides is 1. The summed E-state index contributed by atoms with van der Waals surface area (Å²) in [6, 6.07) is 0. The van der Waals surface area contributed by atoms with E-state index in [0.717, 1.165) is 0 Å². The normalized spacial score (nSPS) is 13.6. The molecule has 1 atom stereocenters. The van der Waals surface area contributed by atoms with Gasteiger partial charge in [0.05, 0.1) is 11.0 Å². The second-order valence-corrected chi connectivity index (χ2v) is 5.48. The van der Waals surface area contributed by atoms with Crippen molar-refractivity contribution in [3.05, 3.63) is 0 Å². The molecule has 84 valence electrons. The highest BCUT2D eigenvalue weighted by Crippen LogP contribution is 1.91. The third-order valence-electron chi connectivity index (χ3n) is 1.41. The van der Waals surface area contributed by atoms with E-state index in [1.165, 1.54) is 0 Å². The first-order valence-corrected chi connectivity index (χ1v) is 6.49. The molecular formula is C7H16N2O3S2. The summed E-state index contributed by atoms with van der Waals surface area (Å²) < 4.78 is 24.5. The summed E-state index contributed by atoms with van der Waals surface area (Å²) in [7, 11) is -3.24. The summed E-state index contributed by atoms with van der Waals surface area (Å²) in [6.07, 6.45) is 0. The van der Waals surface area contributed by atoms with E-state index >= 15 is 0 Å². The van der Waals surface area contributed by atoms with Gasteiger partial charge >= 0.3 is 0 Å². The van der Waals surface area contributed by atoms with Crippen LogP contribution in [0.2, 0.25) is 0 Å². The molecule has 0 aliphatic rings. The third-order valence-corrected chi connectivity index (χ3v) is 3.12. The highest BCUT2D eigenvalue weighted by atomic mass is 32.2. The number of amides is 1. The number of rotatable bonds is 6. The summed E-state index contributed by atoms with van der Waals surface area (Å²) in [6.45, 7) is 3.79. The van der Waals surface area contributed by atoms with Crippen molar-refractivity contribution in [3.8, 4) is 0 Å². The highest BCUT2D eigenvalue weighted by Gasteiger charge is 2.10. The molecule has 0 rings (SSSR count).